The lowest BCUT2D eigenvalue weighted by molar-refractivity contribution is 0.261. The van der Waals surface area contributed by atoms with Gasteiger partial charge in [-0.15, -0.1) is 0 Å². The molecule has 2 heterocycles. The second-order valence-corrected chi connectivity index (χ2v) is 10.4. The molecule has 1 unspecified atom stereocenters. The van der Waals surface area contributed by atoms with E-state index >= 15 is 0 Å². The normalized spacial score (nSPS) is 20.4. The first-order valence-corrected chi connectivity index (χ1v) is 11.8. The molecule has 1 fully saturated rings. The van der Waals surface area contributed by atoms with Crippen molar-refractivity contribution in [2.45, 2.75) is 48.2 Å². The fourth-order valence-electron chi connectivity index (χ4n) is 3.95. The highest BCUT2D eigenvalue weighted by Crippen LogP contribution is 2.39. The van der Waals surface area contributed by atoms with Gasteiger partial charge in [0.25, 0.3) is 0 Å². The summed E-state index contributed by atoms with van der Waals surface area (Å²) in [7, 11) is -3.24. The molecule has 3 nitrogen and oxygen atoms in total. The van der Waals surface area contributed by atoms with Crippen LogP contribution in [-0.4, -0.2) is 25.8 Å². The van der Waals surface area contributed by atoms with E-state index in [1.54, 1.807) is 16.1 Å². The van der Waals surface area contributed by atoms with Gasteiger partial charge < -0.3 is 0 Å². The van der Waals surface area contributed by atoms with Gasteiger partial charge in [-0.1, -0.05) is 55.4 Å². The van der Waals surface area contributed by atoms with Crippen LogP contribution in [0.25, 0.3) is 0 Å². The molecule has 0 radical (unpaired) electrons. The van der Waals surface area contributed by atoms with Crippen molar-refractivity contribution in [1.29, 1.82) is 0 Å². The van der Waals surface area contributed by atoms with Crippen LogP contribution in [0, 0.1) is 5.92 Å². The number of hydrogen-bond acceptors (Lipinski definition) is 3. The molecule has 5 heteroatoms. The summed E-state index contributed by atoms with van der Waals surface area (Å²) in [5.41, 5.74) is 3.47. The molecule has 2 aliphatic rings. The predicted octanol–water partition coefficient (Wildman–Crippen LogP) is 4.69. The Hall–Kier alpha value is -1.30. The Labute approximate surface area is 160 Å². The SMILES string of the molecule is CCC1CCCN(S(=O)(=O)Cc2ccc3c(c2)Cc2ccccc2S3)C1. The number of fused-ring (bicyclic) bond motifs is 2. The highest BCUT2D eigenvalue weighted by Gasteiger charge is 2.28. The first-order valence-electron chi connectivity index (χ1n) is 9.40. The Morgan fingerprint density at radius 3 is 2.77 bits per heavy atom. The van der Waals surface area contributed by atoms with Gasteiger partial charge in [0.15, 0.2) is 0 Å². The largest absolute Gasteiger partial charge is 0.218 e. The van der Waals surface area contributed by atoms with E-state index < -0.39 is 10.0 Å². The monoisotopic (exact) mass is 387 g/mol. The first-order chi connectivity index (χ1) is 12.5. The van der Waals surface area contributed by atoms with Gasteiger partial charge >= 0.3 is 0 Å². The van der Waals surface area contributed by atoms with Crippen molar-refractivity contribution in [2.75, 3.05) is 13.1 Å². The quantitative estimate of drug-likeness (QED) is 0.651. The maximum atomic E-state index is 12.9. The third kappa shape index (κ3) is 3.71. The average Bonchev–Trinajstić information content (AvgIpc) is 2.66. The fourth-order valence-corrected chi connectivity index (χ4v) is 6.63. The second-order valence-electron chi connectivity index (χ2n) is 7.36. The number of benzene rings is 2. The van der Waals surface area contributed by atoms with E-state index in [4.69, 9.17) is 0 Å². The van der Waals surface area contributed by atoms with Crippen molar-refractivity contribution in [3.8, 4) is 0 Å². The molecule has 26 heavy (non-hydrogen) atoms. The molecular formula is C21H25NO2S2. The van der Waals surface area contributed by atoms with E-state index in [9.17, 15) is 8.42 Å². The highest BCUT2D eigenvalue weighted by molar-refractivity contribution is 7.99. The van der Waals surface area contributed by atoms with Crippen LogP contribution < -0.4 is 0 Å². The summed E-state index contributed by atoms with van der Waals surface area (Å²) < 4.78 is 27.5. The third-order valence-corrected chi connectivity index (χ3v) is 8.55. The fraction of sp³-hybridized carbons (Fsp3) is 0.429. The van der Waals surface area contributed by atoms with Crippen molar-refractivity contribution >= 4 is 21.8 Å². The molecule has 4 rings (SSSR count). The Bertz CT molecular complexity index is 908. The third-order valence-electron chi connectivity index (χ3n) is 5.50. The topological polar surface area (TPSA) is 37.4 Å². The molecule has 0 bridgehead atoms. The van der Waals surface area contributed by atoms with Crippen LogP contribution in [-0.2, 0) is 22.2 Å². The van der Waals surface area contributed by atoms with Gasteiger partial charge in [-0.25, -0.2) is 12.7 Å². The second kappa shape index (κ2) is 7.37. The van der Waals surface area contributed by atoms with E-state index in [-0.39, 0.29) is 5.75 Å². The van der Waals surface area contributed by atoms with Crippen LogP contribution in [0.2, 0.25) is 0 Å². The molecule has 0 spiro atoms. The minimum atomic E-state index is -3.24. The zero-order valence-corrected chi connectivity index (χ0v) is 16.8. The van der Waals surface area contributed by atoms with Crippen molar-refractivity contribution in [3.05, 3.63) is 59.2 Å². The molecule has 0 amide bonds. The summed E-state index contributed by atoms with van der Waals surface area (Å²) in [5.74, 6) is 0.623. The highest BCUT2D eigenvalue weighted by atomic mass is 32.2. The molecule has 1 saturated heterocycles. The van der Waals surface area contributed by atoms with E-state index in [1.165, 1.54) is 20.9 Å². The summed E-state index contributed by atoms with van der Waals surface area (Å²) >= 11 is 1.78. The summed E-state index contributed by atoms with van der Waals surface area (Å²) in [6, 6.07) is 14.6. The van der Waals surface area contributed by atoms with Gasteiger partial charge in [-0.2, -0.15) is 0 Å². The van der Waals surface area contributed by atoms with Gasteiger partial charge in [-0.05, 0) is 54.0 Å². The van der Waals surface area contributed by atoms with Crippen LogP contribution in [0.4, 0.5) is 0 Å². The predicted molar refractivity (Wildman–Crippen MR) is 107 cm³/mol. The standard InChI is InChI=1S/C21H25NO2S2/c1-2-16-6-5-11-22(14-16)26(23,24)15-17-9-10-21-19(12-17)13-18-7-3-4-8-20(18)25-21/h3-4,7-10,12,16H,2,5-6,11,13-15H2,1H3. The summed E-state index contributed by atoms with van der Waals surface area (Å²) in [4.78, 5) is 2.55. The lowest BCUT2D eigenvalue weighted by Gasteiger charge is -2.31. The van der Waals surface area contributed by atoms with Gasteiger partial charge in [0, 0.05) is 22.9 Å². The molecule has 0 aliphatic carbocycles. The molecule has 2 aromatic carbocycles. The minimum absolute atomic E-state index is 0.114. The van der Waals surface area contributed by atoms with Gasteiger partial charge in [0.2, 0.25) is 10.0 Å². The van der Waals surface area contributed by atoms with E-state index in [0.717, 1.165) is 31.2 Å². The van der Waals surface area contributed by atoms with Crippen molar-refractivity contribution in [1.82, 2.24) is 4.31 Å². The maximum Gasteiger partial charge on any atom is 0.218 e. The molecule has 2 aromatic rings. The van der Waals surface area contributed by atoms with Crippen LogP contribution in [0.3, 0.4) is 0 Å². The maximum absolute atomic E-state index is 12.9. The van der Waals surface area contributed by atoms with Crippen molar-refractivity contribution in [3.63, 3.8) is 0 Å². The molecule has 2 aliphatic heterocycles. The lowest BCUT2D eigenvalue weighted by Crippen LogP contribution is -2.40. The number of rotatable bonds is 4. The van der Waals surface area contributed by atoms with E-state index in [0.29, 0.717) is 19.0 Å². The minimum Gasteiger partial charge on any atom is -0.212 e. The van der Waals surface area contributed by atoms with Gasteiger partial charge in [-0.3, -0.25) is 0 Å². The molecular weight excluding hydrogens is 362 g/mol. The molecule has 0 aromatic heterocycles. The lowest BCUT2D eigenvalue weighted by atomic mass is 9.97. The smallest absolute Gasteiger partial charge is 0.212 e. The van der Waals surface area contributed by atoms with Crippen LogP contribution in [0.5, 0.6) is 0 Å². The van der Waals surface area contributed by atoms with E-state index in [1.807, 2.05) is 6.07 Å². The molecule has 1 atom stereocenters. The number of piperidine rings is 1. The zero-order chi connectivity index (χ0) is 18.1. The number of sulfonamides is 1. The van der Waals surface area contributed by atoms with E-state index in [2.05, 4.69) is 43.3 Å². The summed E-state index contributed by atoms with van der Waals surface area (Å²) in [6.07, 6.45) is 4.07. The van der Waals surface area contributed by atoms with Crippen molar-refractivity contribution < 1.29 is 8.42 Å². The molecule has 0 saturated carbocycles. The Morgan fingerprint density at radius 1 is 1.12 bits per heavy atom. The Morgan fingerprint density at radius 2 is 1.92 bits per heavy atom. The van der Waals surface area contributed by atoms with Crippen LogP contribution >= 0.6 is 11.8 Å². The molecule has 0 N–H and O–H groups in total. The summed E-state index contributed by atoms with van der Waals surface area (Å²) in [6.45, 7) is 3.51. The van der Waals surface area contributed by atoms with Crippen LogP contribution in [0.1, 0.15) is 42.9 Å². The van der Waals surface area contributed by atoms with Gasteiger partial charge in [0.05, 0.1) is 5.75 Å². The zero-order valence-electron chi connectivity index (χ0n) is 15.1. The number of nitrogens with zero attached hydrogens (tertiary/aromatic N) is 1. The Balaban J connectivity index is 1.53. The van der Waals surface area contributed by atoms with Crippen molar-refractivity contribution in [2.24, 2.45) is 5.92 Å². The molecule has 138 valence electrons. The average molecular weight is 388 g/mol. The van der Waals surface area contributed by atoms with Gasteiger partial charge in [0.1, 0.15) is 0 Å². The number of hydrogen-bond donors (Lipinski definition) is 0. The first kappa shape index (κ1) is 18.1. The Kier molecular flexibility index (Phi) is 5.13. The van der Waals surface area contributed by atoms with Crippen LogP contribution in [0.15, 0.2) is 52.3 Å². The summed E-state index contributed by atoms with van der Waals surface area (Å²) in [5, 5.41) is 0.